The van der Waals surface area contributed by atoms with Crippen molar-refractivity contribution in [2.24, 2.45) is 0 Å². The first kappa shape index (κ1) is 15.9. The molecule has 2 aliphatic heterocycles. The fraction of sp³-hybridized carbons (Fsp3) is 0.769. The number of rotatable bonds is 3. The molecule has 0 aromatic carbocycles. The molecule has 118 valence electrons. The van der Waals surface area contributed by atoms with Crippen LogP contribution in [0.3, 0.4) is 0 Å². The van der Waals surface area contributed by atoms with Gasteiger partial charge in [-0.1, -0.05) is 0 Å². The lowest BCUT2D eigenvalue weighted by molar-refractivity contribution is -0.141. The molecule has 21 heavy (non-hydrogen) atoms. The molecule has 0 aromatic rings. The maximum absolute atomic E-state index is 12.1. The van der Waals surface area contributed by atoms with E-state index in [1.807, 2.05) is 0 Å². The number of likely N-dealkylation sites (tertiary alicyclic amines) is 1. The Kier molecular flexibility index (Phi) is 5.33. The number of carbonyl (C=O) groups excluding carboxylic acids is 2. The Morgan fingerprint density at radius 2 is 1.90 bits per heavy atom. The number of piperidine rings is 1. The molecule has 2 atom stereocenters. The third-order valence-corrected chi connectivity index (χ3v) is 5.06. The molecule has 2 N–H and O–H groups in total. The summed E-state index contributed by atoms with van der Waals surface area (Å²) < 4.78 is 0. The lowest BCUT2D eigenvalue weighted by atomic mass is 10.1. The first-order valence-electron chi connectivity index (χ1n) is 7.19. The van der Waals surface area contributed by atoms with Crippen LogP contribution in [0, 0.1) is 0 Å². The van der Waals surface area contributed by atoms with Crippen LogP contribution in [0.25, 0.3) is 0 Å². The molecule has 2 rings (SSSR count). The van der Waals surface area contributed by atoms with Crippen molar-refractivity contribution in [3.63, 3.8) is 0 Å². The summed E-state index contributed by atoms with van der Waals surface area (Å²) in [7, 11) is 0. The fourth-order valence-electron chi connectivity index (χ4n) is 2.64. The van der Waals surface area contributed by atoms with E-state index in [0.29, 0.717) is 5.75 Å². The highest BCUT2D eigenvalue weighted by Gasteiger charge is 2.39. The van der Waals surface area contributed by atoms with Gasteiger partial charge < -0.3 is 15.3 Å². The van der Waals surface area contributed by atoms with E-state index in [9.17, 15) is 14.4 Å². The molecular formula is C13H21N3O4S. The molecule has 3 amide bonds. The average Bonchev–Trinajstić information content (AvgIpc) is 2.87. The zero-order valence-corrected chi connectivity index (χ0v) is 12.9. The van der Waals surface area contributed by atoms with Crippen LogP contribution in [0.5, 0.6) is 0 Å². The highest BCUT2D eigenvalue weighted by Crippen LogP contribution is 2.28. The Morgan fingerprint density at radius 1 is 1.24 bits per heavy atom. The number of urea groups is 1. The number of carboxylic acid groups (broad SMARTS) is 1. The monoisotopic (exact) mass is 315 g/mol. The van der Waals surface area contributed by atoms with Gasteiger partial charge in [-0.05, 0) is 26.2 Å². The lowest BCUT2D eigenvalue weighted by Crippen LogP contribution is -2.52. The molecule has 7 nitrogen and oxygen atoms in total. The molecule has 8 heteroatoms. The van der Waals surface area contributed by atoms with Gasteiger partial charge in [0.25, 0.3) is 0 Å². The van der Waals surface area contributed by atoms with E-state index < -0.39 is 18.0 Å². The Labute approximate surface area is 128 Å². The van der Waals surface area contributed by atoms with E-state index in [1.165, 1.54) is 16.7 Å². The lowest BCUT2D eigenvalue weighted by Gasteiger charge is -2.28. The number of hydrogen-bond donors (Lipinski definition) is 2. The molecule has 2 aliphatic rings. The predicted octanol–water partition coefficient (Wildman–Crippen LogP) is 0.556. The molecule has 0 radical (unpaired) electrons. The topological polar surface area (TPSA) is 90.0 Å². The van der Waals surface area contributed by atoms with Crippen LogP contribution in [0.4, 0.5) is 4.79 Å². The van der Waals surface area contributed by atoms with E-state index in [1.54, 1.807) is 11.8 Å². The van der Waals surface area contributed by atoms with Crippen molar-refractivity contribution in [1.29, 1.82) is 0 Å². The maximum Gasteiger partial charge on any atom is 0.327 e. The highest BCUT2D eigenvalue weighted by atomic mass is 32.2. The normalized spacial score (nSPS) is 25.8. The summed E-state index contributed by atoms with van der Waals surface area (Å²) in [6.07, 6.45) is 3.14. The highest BCUT2D eigenvalue weighted by molar-refractivity contribution is 8.00. The molecular weight excluding hydrogens is 294 g/mol. The first-order valence-corrected chi connectivity index (χ1v) is 8.24. The van der Waals surface area contributed by atoms with E-state index >= 15 is 0 Å². The van der Waals surface area contributed by atoms with Gasteiger partial charge in [0.05, 0.1) is 11.9 Å². The van der Waals surface area contributed by atoms with Gasteiger partial charge in [-0.15, -0.1) is 11.8 Å². The number of carbonyl (C=O) groups is 3. The van der Waals surface area contributed by atoms with Gasteiger partial charge in [-0.2, -0.15) is 0 Å². The van der Waals surface area contributed by atoms with Gasteiger partial charge in [0.15, 0.2) is 0 Å². The predicted molar refractivity (Wildman–Crippen MR) is 79.0 cm³/mol. The molecule has 0 aromatic heterocycles. The molecule has 0 saturated carbocycles. The third kappa shape index (κ3) is 3.81. The second-order valence-electron chi connectivity index (χ2n) is 5.29. The van der Waals surface area contributed by atoms with Crippen molar-refractivity contribution in [3.05, 3.63) is 0 Å². The van der Waals surface area contributed by atoms with Crippen LogP contribution in [0.2, 0.25) is 0 Å². The summed E-state index contributed by atoms with van der Waals surface area (Å²) in [5, 5.41) is 11.5. The Balaban J connectivity index is 1.85. The molecule has 0 aliphatic carbocycles. The second-order valence-corrected chi connectivity index (χ2v) is 6.64. The SMILES string of the molecule is CC1SCC(C(=O)O)N1C(=O)NCC(=O)N1CCCCC1. The van der Waals surface area contributed by atoms with Crippen molar-refractivity contribution in [2.75, 3.05) is 25.4 Å². The zero-order chi connectivity index (χ0) is 15.4. The number of nitrogens with one attached hydrogen (secondary N) is 1. The van der Waals surface area contributed by atoms with E-state index in [2.05, 4.69) is 5.32 Å². The third-order valence-electron chi connectivity index (χ3n) is 3.84. The van der Waals surface area contributed by atoms with Gasteiger partial charge in [-0.25, -0.2) is 9.59 Å². The minimum atomic E-state index is -1.01. The summed E-state index contributed by atoms with van der Waals surface area (Å²) in [5.41, 5.74) is 0. The molecule has 2 saturated heterocycles. The van der Waals surface area contributed by atoms with Crippen LogP contribution in [-0.2, 0) is 9.59 Å². The van der Waals surface area contributed by atoms with Crippen molar-refractivity contribution in [3.8, 4) is 0 Å². The van der Waals surface area contributed by atoms with Crippen LogP contribution >= 0.6 is 11.8 Å². The number of nitrogens with zero attached hydrogens (tertiary/aromatic N) is 2. The van der Waals surface area contributed by atoms with Gasteiger partial charge in [0, 0.05) is 18.8 Å². The van der Waals surface area contributed by atoms with Crippen LogP contribution in [-0.4, -0.2) is 69.6 Å². The standard InChI is InChI=1S/C13H21N3O4S/c1-9-16(10(8-21-9)12(18)19)13(20)14-7-11(17)15-5-3-2-4-6-15/h9-10H,2-8H2,1H3,(H,14,20)(H,18,19). The van der Waals surface area contributed by atoms with Gasteiger partial charge in [0.1, 0.15) is 6.04 Å². The smallest absolute Gasteiger partial charge is 0.327 e. The Hall–Kier alpha value is -1.44. The number of hydrogen-bond acceptors (Lipinski definition) is 4. The molecule has 2 heterocycles. The summed E-state index contributed by atoms with van der Waals surface area (Å²) in [4.78, 5) is 38.3. The van der Waals surface area contributed by atoms with Crippen LogP contribution < -0.4 is 5.32 Å². The van der Waals surface area contributed by atoms with Crippen molar-refractivity contribution < 1.29 is 19.5 Å². The van der Waals surface area contributed by atoms with Crippen molar-refractivity contribution in [1.82, 2.24) is 15.1 Å². The van der Waals surface area contributed by atoms with Gasteiger partial charge >= 0.3 is 12.0 Å². The van der Waals surface area contributed by atoms with Crippen molar-refractivity contribution in [2.45, 2.75) is 37.6 Å². The first-order chi connectivity index (χ1) is 10.0. The van der Waals surface area contributed by atoms with Crippen LogP contribution in [0.1, 0.15) is 26.2 Å². The second kappa shape index (κ2) is 7.02. The zero-order valence-electron chi connectivity index (χ0n) is 12.1. The van der Waals surface area contributed by atoms with Gasteiger partial charge in [-0.3, -0.25) is 9.69 Å². The Bertz CT molecular complexity index is 426. The summed E-state index contributed by atoms with van der Waals surface area (Å²) in [6.45, 7) is 3.20. The quantitative estimate of drug-likeness (QED) is 0.794. The number of amides is 3. The molecule has 0 spiro atoms. The maximum atomic E-state index is 12.1. The van der Waals surface area contributed by atoms with Crippen molar-refractivity contribution >= 4 is 29.7 Å². The molecule has 2 unspecified atom stereocenters. The molecule has 2 fully saturated rings. The Morgan fingerprint density at radius 3 is 2.52 bits per heavy atom. The summed E-state index contributed by atoms with van der Waals surface area (Å²) in [6, 6.07) is -1.31. The number of carboxylic acids is 1. The summed E-state index contributed by atoms with van der Waals surface area (Å²) in [5.74, 6) is -0.733. The van der Waals surface area contributed by atoms with E-state index in [4.69, 9.17) is 5.11 Å². The minimum absolute atomic E-state index is 0.0704. The number of thioether (sulfide) groups is 1. The van der Waals surface area contributed by atoms with Crippen LogP contribution in [0.15, 0.2) is 0 Å². The molecule has 0 bridgehead atoms. The van der Waals surface area contributed by atoms with E-state index in [-0.39, 0.29) is 17.8 Å². The largest absolute Gasteiger partial charge is 0.480 e. The van der Waals surface area contributed by atoms with E-state index in [0.717, 1.165) is 32.4 Å². The average molecular weight is 315 g/mol. The summed E-state index contributed by atoms with van der Waals surface area (Å²) >= 11 is 1.42. The fourth-order valence-corrected chi connectivity index (χ4v) is 3.81. The minimum Gasteiger partial charge on any atom is -0.480 e. The number of aliphatic carboxylic acids is 1. The van der Waals surface area contributed by atoms with Gasteiger partial charge in [0.2, 0.25) is 5.91 Å².